The number of amides is 1. The Morgan fingerprint density at radius 2 is 1.70 bits per heavy atom. The molecule has 0 spiro atoms. The van der Waals surface area contributed by atoms with Crippen LogP contribution in [0.1, 0.15) is 5.56 Å². The number of rotatable bonds is 6. The third kappa shape index (κ3) is 4.98. The molecule has 0 aliphatic carbocycles. The van der Waals surface area contributed by atoms with E-state index in [0.717, 1.165) is 32.9 Å². The van der Waals surface area contributed by atoms with Crippen LogP contribution in [0.15, 0.2) is 77.3 Å². The van der Waals surface area contributed by atoms with E-state index < -0.39 is 6.04 Å². The van der Waals surface area contributed by atoms with Crippen molar-refractivity contribution in [2.24, 2.45) is 0 Å². The molecule has 154 valence electrons. The average molecular weight is 468 g/mol. The van der Waals surface area contributed by atoms with Crippen molar-refractivity contribution >= 4 is 33.2 Å². The van der Waals surface area contributed by atoms with Crippen LogP contribution in [0.5, 0.6) is 11.5 Å². The number of ether oxygens (including phenoxy) is 1. The smallest absolute Gasteiger partial charge is 0.246 e. The van der Waals surface area contributed by atoms with Crippen molar-refractivity contribution in [2.75, 3.05) is 10.6 Å². The van der Waals surface area contributed by atoms with E-state index in [-0.39, 0.29) is 12.1 Å². The van der Waals surface area contributed by atoms with Gasteiger partial charge < -0.3 is 15.4 Å². The first-order chi connectivity index (χ1) is 14.6. The summed E-state index contributed by atoms with van der Waals surface area (Å²) in [6.07, 6.45) is -0.352. The van der Waals surface area contributed by atoms with Crippen LogP contribution < -0.4 is 31.8 Å². The molecule has 2 atom stereocenters. The second kappa shape index (κ2) is 9.27. The zero-order chi connectivity index (χ0) is 20.9. The first-order valence-corrected chi connectivity index (χ1v) is 10.3. The number of carbonyl (C=O) groups excluding carboxylic acids is 1. The number of carbonyl (C=O) groups is 1. The Kier molecular flexibility index (Phi) is 6.29. The molecule has 1 aliphatic rings. The van der Waals surface area contributed by atoms with Gasteiger partial charge >= 0.3 is 0 Å². The third-order valence-electron chi connectivity index (χ3n) is 4.61. The van der Waals surface area contributed by atoms with Crippen LogP contribution in [0.4, 0.5) is 11.4 Å². The zero-order valence-corrected chi connectivity index (χ0v) is 17.9. The molecular weight excluding hydrogens is 446 g/mol. The maximum Gasteiger partial charge on any atom is 0.246 e. The number of hydrogen-bond acceptors (Lipinski definition) is 6. The van der Waals surface area contributed by atoms with Gasteiger partial charge in [-0.15, -0.1) is 0 Å². The number of halogens is 1. The molecule has 2 unspecified atom stereocenters. The molecule has 5 N–H and O–H groups in total. The van der Waals surface area contributed by atoms with Crippen molar-refractivity contribution in [3.05, 3.63) is 82.8 Å². The van der Waals surface area contributed by atoms with E-state index in [2.05, 4.69) is 42.9 Å². The minimum absolute atomic E-state index is 0.168. The van der Waals surface area contributed by atoms with Gasteiger partial charge in [0.05, 0.1) is 5.69 Å². The van der Waals surface area contributed by atoms with Crippen LogP contribution in [-0.2, 0) is 4.79 Å². The average Bonchev–Trinajstić information content (AvgIpc) is 3.20. The number of aryl methyl sites for hydroxylation is 1. The summed E-state index contributed by atoms with van der Waals surface area (Å²) in [5, 5.41) is 6.25. The highest BCUT2D eigenvalue weighted by Gasteiger charge is 2.33. The highest BCUT2D eigenvalue weighted by atomic mass is 79.9. The summed E-state index contributed by atoms with van der Waals surface area (Å²) >= 11 is 3.49. The summed E-state index contributed by atoms with van der Waals surface area (Å²) in [6.45, 7) is 2.00. The summed E-state index contributed by atoms with van der Waals surface area (Å²) in [5.41, 5.74) is 11.5. The van der Waals surface area contributed by atoms with E-state index in [1.54, 1.807) is 0 Å². The molecule has 30 heavy (non-hydrogen) atoms. The van der Waals surface area contributed by atoms with E-state index in [1.165, 1.54) is 0 Å². The van der Waals surface area contributed by atoms with Crippen LogP contribution >= 0.6 is 15.9 Å². The highest BCUT2D eigenvalue weighted by Crippen LogP contribution is 2.25. The fourth-order valence-electron chi connectivity index (χ4n) is 3.06. The monoisotopic (exact) mass is 467 g/mol. The lowest BCUT2D eigenvalue weighted by Gasteiger charge is -2.20. The normalized spacial score (nSPS) is 18.1. The van der Waals surface area contributed by atoms with Crippen molar-refractivity contribution < 1.29 is 9.53 Å². The highest BCUT2D eigenvalue weighted by molar-refractivity contribution is 9.10. The van der Waals surface area contributed by atoms with Crippen LogP contribution in [0.25, 0.3) is 0 Å². The number of nitrogens with one attached hydrogen (secondary N) is 5. The zero-order valence-electron chi connectivity index (χ0n) is 16.3. The third-order valence-corrected chi connectivity index (χ3v) is 5.27. The van der Waals surface area contributed by atoms with Gasteiger partial charge in [-0.2, -0.15) is 5.53 Å². The lowest BCUT2D eigenvalue weighted by Crippen LogP contribution is -2.48. The Bertz CT molecular complexity index is 1010. The van der Waals surface area contributed by atoms with Crippen molar-refractivity contribution in [3.63, 3.8) is 0 Å². The van der Waals surface area contributed by atoms with Gasteiger partial charge in [0.2, 0.25) is 5.91 Å². The molecule has 1 amide bonds. The van der Waals surface area contributed by atoms with Gasteiger partial charge in [-0.3, -0.25) is 4.79 Å². The second-order valence-electron chi connectivity index (χ2n) is 6.93. The molecule has 3 aromatic carbocycles. The molecule has 8 heteroatoms. The van der Waals surface area contributed by atoms with Gasteiger partial charge in [-0.05, 0) is 76.9 Å². The number of hydrazine groups is 2. The van der Waals surface area contributed by atoms with Crippen molar-refractivity contribution in [3.8, 4) is 11.5 Å². The molecular formula is C22H22BrN5O2. The Morgan fingerprint density at radius 3 is 2.43 bits per heavy atom. The van der Waals surface area contributed by atoms with E-state index in [1.807, 2.05) is 79.7 Å². The minimum atomic E-state index is -0.529. The molecule has 1 heterocycles. The molecule has 0 bridgehead atoms. The molecule has 4 rings (SSSR count). The van der Waals surface area contributed by atoms with E-state index >= 15 is 0 Å². The Hall–Kier alpha value is -2.91. The van der Waals surface area contributed by atoms with Gasteiger partial charge in [-0.1, -0.05) is 24.3 Å². The maximum absolute atomic E-state index is 12.8. The summed E-state index contributed by atoms with van der Waals surface area (Å²) in [7, 11) is 0. The molecule has 0 aromatic heterocycles. The van der Waals surface area contributed by atoms with E-state index in [0.29, 0.717) is 0 Å². The van der Waals surface area contributed by atoms with Crippen LogP contribution in [0.3, 0.4) is 0 Å². The Balaban J connectivity index is 1.38. The molecule has 0 radical (unpaired) electrons. The summed E-state index contributed by atoms with van der Waals surface area (Å²) < 4.78 is 6.65. The first-order valence-electron chi connectivity index (χ1n) is 9.51. The summed E-state index contributed by atoms with van der Waals surface area (Å²) in [6, 6.07) is 22.4. The van der Waals surface area contributed by atoms with Gasteiger partial charge in [0.15, 0.2) is 0 Å². The van der Waals surface area contributed by atoms with Gasteiger partial charge in [0.1, 0.15) is 23.7 Å². The molecule has 0 saturated carbocycles. The minimum Gasteiger partial charge on any atom is -0.457 e. The summed E-state index contributed by atoms with van der Waals surface area (Å²) in [4.78, 5) is 12.8. The number of benzene rings is 3. The molecule has 1 saturated heterocycles. The fourth-order valence-corrected chi connectivity index (χ4v) is 3.65. The topological polar surface area (TPSA) is 86.5 Å². The van der Waals surface area contributed by atoms with Crippen molar-refractivity contribution in [1.29, 1.82) is 0 Å². The Morgan fingerprint density at radius 1 is 0.967 bits per heavy atom. The fraction of sp³-hybridized carbons (Fsp3) is 0.136. The largest absolute Gasteiger partial charge is 0.457 e. The van der Waals surface area contributed by atoms with E-state index in [4.69, 9.17) is 4.74 Å². The quantitative estimate of drug-likeness (QED) is 0.377. The van der Waals surface area contributed by atoms with Crippen molar-refractivity contribution in [2.45, 2.75) is 19.1 Å². The maximum atomic E-state index is 12.8. The Labute approximate surface area is 183 Å². The second-order valence-corrected chi connectivity index (χ2v) is 7.78. The SMILES string of the molecule is Cc1ccc(NC(=O)C2NNNC2Nc2ccc(Oc3ccccc3)cc2)c(Br)c1. The molecule has 1 aliphatic heterocycles. The lowest BCUT2D eigenvalue weighted by molar-refractivity contribution is -0.118. The summed E-state index contributed by atoms with van der Waals surface area (Å²) in [5.74, 6) is 1.35. The predicted molar refractivity (Wildman–Crippen MR) is 121 cm³/mol. The molecule has 7 nitrogen and oxygen atoms in total. The lowest BCUT2D eigenvalue weighted by atomic mass is 10.2. The van der Waals surface area contributed by atoms with Gasteiger partial charge in [-0.25, -0.2) is 10.9 Å². The van der Waals surface area contributed by atoms with E-state index in [9.17, 15) is 4.79 Å². The van der Waals surface area contributed by atoms with Gasteiger partial charge in [0, 0.05) is 10.2 Å². The van der Waals surface area contributed by atoms with Crippen molar-refractivity contribution in [1.82, 2.24) is 16.4 Å². The number of anilines is 2. The first kappa shape index (κ1) is 20.4. The van der Waals surface area contributed by atoms with Gasteiger partial charge in [0.25, 0.3) is 0 Å². The van der Waals surface area contributed by atoms with Crippen LogP contribution in [0, 0.1) is 6.92 Å². The number of hydrogen-bond donors (Lipinski definition) is 5. The molecule has 1 fully saturated rings. The molecule has 3 aromatic rings. The van der Waals surface area contributed by atoms with Crippen LogP contribution in [-0.4, -0.2) is 18.1 Å². The standard InChI is InChI=1S/C22H22BrN5O2/c1-14-7-12-19(18(23)13-14)25-22(29)20-21(27-28-26-20)24-15-8-10-17(11-9-15)30-16-5-3-2-4-6-16/h2-13,20-21,24,26-28H,1H3,(H,25,29). The number of para-hydroxylation sites is 1. The predicted octanol–water partition coefficient (Wildman–Crippen LogP) is 3.91. The van der Waals surface area contributed by atoms with Crippen LogP contribution in [0.2, 0.25) is 0 Å².